The lowest BCUT2D eigenvalue weighted by Crippen LogP contribution is -2.56. The zero-order valence-electron chi connectivity index (χ0n) is 17.0. The van der Waals surface area contributed by atoms with Crippen LogP contribution in [0.1, 0.15) is 10.4 Å². The lowest BCUT2D eigenvalue weighted by Gasteiger charge is -2.38. The molecule has 172 valence electrons. The minimum Gasteiger partial charge on any atom is -0.336 e. The van der Waals surface area contributed by atoms with E-state index in [0.717, 1.165) is 24.3 Å². The number of sulfone groups is 1. The van der Waals surface area contributed by atoms with Crippen LogP contribution in [0.5, 0.6) is 0 Å². The molecule has 0 radical (unpaired) electrons. The van der Waals surface area contributed by atoms with Crippen LogP contribution in [0.25, 0.3) is 0 Å². The number of likely N-dealkylation sites (tertiary alicyclic amines) is 1. The molecule has 11 heteroatoms. The standard InChI is InChI=1S/C22H18F2N2O5S2/c23-16-6-10-19(11-7-16)32(28,29)21-13-26(14-21)22(27)15-4-8-18(9-5-15)25-33(30,31)20-3-1-2-17(24)12-20/h1-12,21,25H,13-14H2. The van der Waals surface area contributed by atoms with Gasteiger partial charge in [0.2, 0.25) is 0 Å². The Morgan fingerprint density at radius 2 is 1.45 bits per heavy atom. The van der Waals surface area contributed by atoms with E-state index in [-0.39, 0.29) is 34.1 Å². The van der Waals surface area contributed by atoms with Gasteiger partial charge in [-0.1, -0.05) is 6.07 Å². The number of carbonyl (C=O) groups excluding carboxylic acids is 1. The number of hydrogen-bond donors (Lipinski definition) is 1. The van der Waals surface area contributed by atoms with Gasteiger partial charge in [-0.2, -0.15) is 0 Å². The van der Waals surface area contributed by atoms with E-state index in [2.05, 4.69) is 4.72 Å². The van der Waals surface area contributed by atoms with Crippen molar-refractivity contribution in [2.24, 2.45) is 0 Å². The second kappa shape index (κ2) is 8.56. The molecule has 1 aliphatic rings. The minimum atomic E-state index is -4.01. The number of halogens is 2. The zero-order chi connectivity index (χ0) is 23.8. The quantitative estimate of drug-likeness (QED) is 0.533. The van der Waals surface area contributed by atoms with Crippen LogP contribution in [0.4, 0.5) is 14.5 Å². The molecule has 0 bridgehead atoms. The molecule has 1 fully saturated rings. The molecule has 7 nitrogen and oxygen atoms in total. The van der Waals surface area contributed by atoms with Gasteiger partial charge >= 0.3 is 0 Å². The normalized spacial score (nSPS) is 14.5. The first kappa shape index (κ1) is 22.9. The maximum atomic E-state index is 13.3. The third kappa shape index (κ3) is 4.74. The molecule has 4 rings (SSSR count). The third-order valence-corrected chi connectivity index (χ3v) is 8.69. The Morgan fingerprint density at radius 1 is 0.818 bits per heavy atom. The van der Waals surface area contributed by atoms with E-state index in [4.69, 9.17) is 0 Å². The summed E-state index contributed by atoms with van der Waals surface area (Å²) in [5, 5.41) is -0.788. The summed E-state index contributed by atoms with van der Waals surface area (Å²) in [7, 11) is -7.70. The van der Waals surface area contributed by atoms with Gasteiger partial charge in [-0.3, -0.25) is 9.52 Å². The number of rotatable bonds is 6. The Kier molecular flexibility index (Phi) is 5.93. The molecule has 0 saturated carbocycles. The van der Waals surface area contributed by atoms with Gasteiger partial charge < -0.3 is 4.90 Å². The summed E-state index contributed by atoms with van der Waals surface area (Å²) in [6.45, 7) is -0.0149. The van der Waals surface area contributed by atoms with E-state index in [9.17, 15) is 30.4 Å². The molecule has 1 N–H and O–H groups in total. The molecule has 0 spiro atoms. The average molecular weight is 493 g/mol. The Bertz CT molecular complexity index is 1400. The number of benzene rings is 3. The van der Waals surface area contributed by atoms with E-state index in [0.29, 0.717) is 0 Å². The second-order valence-electron chi connectivity index (χ2n) is 7.47. The molecule has 0 aliphatic carbocycles. The van der Waals surface area contributed by atoms with E-state index in [1.807, 2.05) is 0 Å². The molecule has 1 amide bonds. The Morgan fingerprint density at radius 3 is 2.06 bits per heavy atom. The van der Waals surface area contributed by atoms with Crippen LogP contribution >= 0.6 is 0 Å². The SMILES string of the molecule is O=C(c1ccc(NS(=O)(=O)c2cccc(F)c2)cc1)N1CC(S(=O)(=O)c2ccc(F)cc2)C1. The predicted molar refractivity (Wildman–Crippen MR) is 117 cm³/mol. The number of anilines is 1. The van der Waals surface area contributed by atoms with Crippen LogP contribution in [-0.2, 0) is 19.9 Å². The molecule has 1 heterocycles. The van der Waals surface area contributed by atoms with Crippen LogP contribution in [0.3, 0.4) is 0 Å². The van der Waals surface area contributed by atoms with Crippen LogP contribution in [0.2, 0.25) is 0 Å². The first-order valence-corrected chi connectivity index (χ1v) is 12.8. The summed E-state index contributed by atoms with van der Waals surface area (Å²) in [6, 6.07) is 14.7. The van der Waals surface area contributed by atoms with Gasteiger partial charge in [-0.15, -0.1) is 0 Å². The van der Waals surface area contributed by atoms with Gasteiger partial charge in [-0.05, 0) is 66.7 Å². The fourth-order valence-corrected chi connectivity index (χ4v) is 6.07. The number of hydrogen-bond acceptors (Lipinski definition) is 5. The maximum absolute atomic E-state index is 13.3. The third-order valence-electron chi connectivity index (χ3n) is 5.21. The van der Waals surface area contributed by atoms with E-state index in [1.165, 1.54) is 53.4 Å². The minimum absolute atomic E-state index is 0.00377. The molecular weight excluding hydrogens is 474 g/mol. The number of amides is 1. The first-order chi connectivity index (χ1) is 15.6. The Labute approximate surface area is 189 Å². The van der Waals surface area contributed by atoms with Crippen molar-refractivity contribution in [3.05, 3.63) is 90.0 Å². The Hall–Kier alpha value is -3.31. The van der Waals surface area contributed by atoms with E-state index in [1.54, 1.807) is 0 Å². The molecule has 1 saturated heterocycles. The molecule has 0 aromatic heterocycles. The van der Waals surface area contributed by atoms with E-state index >= 15 is 0 Å². The molecule has 33 heavy (non-hydrogen) atoms. The number of sulfonamides is 1. The van der Waals surface area contributed by atoms with Crippen molar-refractivity contribution in [1.29, 1.82) is 0 Å². The van der Waals surface area contributed by atoms with E-state index < -0.39 is 42.7 Å². The zero-order valence-corrected chi connectivity index (χ0v) is 18.6. The summed E-state index contributed by atoms with van der Waals surface area (Å²) in [5.41, 5.74) is 0.428. The largest absolute Gasteiger partial charge is 0.336 e. The number of carbonyl (C=O) groups is 1. The van der Waals surface area contributed by atoms with Gasteiger partial charge in [0, 0.05) is 24.3 Å². The monoisotopic (exact) mass is 492 g/mol. The summed E-state index contributed by atoms with van der Waals surface area (Å²) in [4.78, 5) is 13.8. The highest BCUT2D eigenvalue weighted by molar-refractivity contribution is 7.92. The van der Waals surface area contributed by atoms with Crippen molar-refractivity contribution in [3.63, 3.8) is 0 Å². The molecule has 0 unspecified atom stereocenters. The maximum Gasteiger partial charge on any atom is 0.261 e. The van der Waals surface area contributed by atoms with Crippen molar-refractivity contribution in [1.82, 2.24) is 4.90 Å². The van der Waals surface area contributed by atoms with Crippen molar-refractivity contribution < 1.29 is 30.4 Å². The highest BCUT2D eigenvalue weighted by atomic mass is 32.2. The summed E-state index contributed by atoms with van der Waals surface area (Å²) in [5.74, 6) is -1.63. The lowest BCUT2D eigenvalue weighted by molar-refractivity contribution is 0.0659. The topological polar surface area (TPSA) is 101 Å². The highest BCUT2D eigenvalue weighted by Crippen LogP contribution is 2.26. The van der Waals surface area contributed by atoms with Crippen molar-refractivity contribution in [2.45, 2.75) is 15.0 Å². The second-order valence-corrected chi connectivity index (χ2v) is 11.4. The molecule has 1 aliphatic heterocycles. The molecule has 0 atom stereocenters. The highest BCUT2D eigenvalue weighted by Gasteiger charge is 2.40. The van der Waals surface area contributed by atoms with Gasteiger partial charge in [0.15, 0.2) is 9.84 Å². The Balaban J connectivity index is 1.40. The van der Waals surface area contributed by atoms with Crippen molar-refractivity contribution in [3.8, 4) is 0 Å². The number of nitrogens with zero attached hydrogens (tertiary/aromatic N) is 1. The van der Waals surface area contributed by atoms with Crippen LogP contribution in [0, 0.1) is 11.6 Å². The summed E-state index contributed by atoms with van der Waals surface area (Å²) < 4.78 is 78.6. The van der Waals surface area contributed by atoms with Crippen LogP contribution in [-0.4, -0.2) is 46.0 Å². The number of nitrogens with one attached hydrogen (secondary N) is 1. The summed E-state index contributed by atoms with van der Waals surface area (Å²) in [6.07, 6.45) is 0. The van der Waals surface area contributed by atoms with Crippen molar-refractivity contribution >= 4 is 31.5 Å². The predicted octanol–water partition coefficient (Wildman–Crippen LogP) is 3.06. The molecular formula is C22H18F2N2O5S2. The van der Waals surface area contributed by atoms with Crippen LogP contribution < -0.4 is 4.72 Å². The summed E-state index contributed by atoms with van der Waals surface area (Å²) >= 11 is 0. The fraction of sp³-hybridized carbons (Fsp3) is 0.136. The van der Waals surface area contributed by atoms with Gasteiger partial charge in [0.1, 0.15) is 16.9 Å². The van der Waals surface area contributed by atoms with Crippen LogP contribution in [0.15, 0.2) is 82.6 Å². The average Bonchev–Trinajstić information content (AvgIpc) is 2.73. The fourth-order valence-electron chi connectivity index (χ4n) is 3.33. The first-order valence-electron chi connectivity index (χ1n) is 9.73. The smallest absolute Gasteiger partial charge is 0.261 e. The molecule has 3 aromatic rings. The molecule has 3 aromatic carbocycles. The lowest BCUT2D eigenvalue weighted by atomic mass is 10.1. The van der Waals surface area contributed by atoms with Crippen molar-refractivity contribution in [2.75, 3.05) is 17.8 Å². The van der Waals surface area contributed by atoms with Gasteiger partial charge in [0.25, 0.3) is 15.9 Å². The van der Waals surface area contributed by atoms with Gasteiger partial charge in [-0.25, -0.2) is 25.6 Å². The van der Waals surface area contributed by atoms with Gasteiger partial charge in [0.05, 0.1) is 9.79 Å².